The number of nitrogens with zero attached hydrogens (tertiary/aromatic N) is 3. The van der Waals surface area contributed by atoms with Crippen LogP contribution in [0.2, 0.25) is 0 Å². The van der Waals surface area contributed by atoms with E-state index in [-0.39, 0.29) is 0 Å². The van der Waals surface area contributed by atoms with Crippen LogP contribution in [0.4, 0.5) is 8.78 Å². The highest BCUT2D eigenvalue weighted by Crippen LogP contribution is 2.09. The first-order chi connectivity index (χ1) is 9.69. The van der Waals surface area contributed by atoms with Crippen molar-refractivity contribution in [3.63, 3.8) is 0 Å². The minimum absolute atomic E-state index is 0.349. The quantitative estimate of drug-likeness (QED) is 0.779. The highest BCUT2D eigenvalue weighted by Gasteiger charge is 2.05. The van der Waals surface area contributed by atoms with Crippen LogP contribution in [0, 0.1) is 11.6 Å². The lowest BCUT2D eigenvalue weighted by Crippen LogP contribution is -2.18. The molecule has 5 nitrogen and oxygen atoms in total. The van der Waals surface area contributed by atoms with E-state index < -0.39 is 11.6 Å². The number of methoxy groups -OCH3 is 1. The lowest BCUT2D eigenvalue weighted by molar-refractivity contribution is 0.199. The average Bonchev–Trinajstić information content (AvgIpc) is 2.87. The highest BCUT2D eigenvalue weighted by atomic mass is 19.2. The molecule has 0 amide bonds. The smallest absolute Gasteiger partial charge is 0.159 e. The average molecular weight is 282 g/mol. The fraction of sp³-hybridized carbons (Fsp3) is 0.385. The molecule has 0 aliphatic rings. The number of ether oxygens (including phenoxy) is 1. The molecule has 0 fully saturated rings. The van der Waals surface area contributed by atoms with Crippen LogP contribution in [0.15, 0.2) is 24.4 Å². The summed E-state index contributed by atoms with van der Waals surface area (Å²) in [5, 5.41) is 11.1. The van der Waals surface area contributed by atoms with Gasteiger partial charge in [0.1, 0.15) is 0 Å². The van der Waals surface area contributed by atoms with Crippen LogP contribution >= 0.6 is 0 Å². The van der Waals surface area contributed by atoms with Gasteiger partial charge in [-0.2, -0.15) is 0 Å². The molecule has 0 aliphatic carbocycles. The zero-order chi connectivity index (χ0) is 14.4. The summed E-state index contributed by atoms with van der Waals surface area (Å²) in [6.45, 7) is 2.29. The zero-order valence-electron chi connectivity index (χ0n) is 11.1. The van der Waals surface area contributed by atoms with E-state index >= 15 is 0 Å². The van der Waals surface area contributed by atoms with E-state index in [4.69, 9.17) is 4.74 Å². The van der Waals surface area contributed by atoms with Crippen molar-refractivity contribution >= 4 is 0 Å². The molecule has 0 aliphatic heterocycles. The molecule has 1 heterocycles. The predicted octanol–water partition coefficient (Wildman–Crippen LogP) is 1.34. The van der Waals surface area contributed by atoms with Crippen molar-refractivity contribution in [2.45, 2.75) is 13.1 Å². The topological polar surface area (TPSA) is 52.0 Å². The van der Waals surface area contributed by atoms with Crippen molar-refractivity contribution < 1.29 is 13.5 Å². The van der Waals surface area contributed by atoms with Gasteiger partial charge in [0.25, 0.3) is 0 Å². The molecule has 1 aromatic carbocycles. The third kappa shape index (κ3) is 4.07. The molecule has 7 heteroatoms. The summed E-state index contributed by atoms with van der Waals surface area (Å²) in [4.78, 5) is 0. The number of nitrogens with one attached hydrogen (secondary N) is 1. The molecular weight excluding hydrogens is 266 g/mol. The van der Waals surface area contributed by atoms with Crippen molar-refractivity contribution in [2.24, 2.45) is 0 Å². The largest absolute Gasteiger partial charge is 0.383 e. The molecule has 0 saturated heterocycles. The van der Waals surface area contributed by atoms with Crippen molar-refractivity contribution in [1.29, 1.82) is 0 Å². The highest BCUT2D eigenvalue weighted by molar-refractivity contribution is 5.18. The Kier molecular flexibility index (Phi) is 5.14. The molecule has 0 bridgehead atoms. The van der Waals surface area contributed by atoms with Gasteiger partial charge in [0, 0.05) is 20.2 Å². The lowest BCUT2D eigenvalue weighted by Gasteiger charge is -2.02. The Morgan fingerprint density at radius 1 is 1.30 bits per heavy atom. The first-order valence-electron chi connectivity index (χ1n) is 6.21. The van der Waals surface area contributed by atoms with Gasteiger partial charge in [0.15, 0.2) is 11.6 Å². The van der Waals surface area contributed by atoms with E-state index in [1.165, 1.54) is 6.07 Å². The number of hydrogen-bond acceptors (Lipinski definition) is 4. The molecule has 1 aromatic heterocycles. The maximum atomic E-state index is 13.1. The van der Waals surface area contributed by atoms with Crippen LogP contribution in [0.25, 0.3) is 0 Å². The first-order valence-corrected chi connectivity index (χ1v) is 6.21. The van der Waals surface area contributed by atoms with Gasteiger partial charge >= 0.3 is 0 Å². The van der Waals surface area contributed by atoms with Gasteiger partial charge in [0.2, 0.25) is 0 Å². The maximum absolute atomic E-state index is 13.1. The van der Waals surface area contributed by atoms with Crippen LogP contribution in [-0.4, -0.2) is 35.3 Å². The molecule has 0 spiro atoms. The molecule has 1 N–H and O–H groups in total. The van der Waals surface area contributed by atoms with E-state index in [0.717, 1.165) is 24.4 Å². The molecule has 0 saturated carbocycles. The van der Waals surface area contributed by atoms with Crippen molar-refractivity contribution in [2.75, 3.05) is 20.3 Å². The van der Waals surface area contributed by atoms with E-state index in [0.29, 0.717) is 25.3 Å². The molecule has 0 atom stereocenters. The summed E-state index contributed by atoms with van der Waals surface area (Å²) < 4.78 is 32.4. The number of halogens is 2. The number of aromatic nitrogens is 3. The Morgan fingerprint density at radius 3 is 2.90 bits per heavy atom. The lowest BCUT2D eigenvalue weighted by atomic mass is 10.2. The minimum Gasteiger partial charge on any atom is -0.383 e. The van der Waals surface area contributed by atoms with Crippen LogP contribution in [0.1, 0.15) is 11.3 Å². The van der Waals surface area contributed by atoms with Crippen molar-refractivity contribution in [1.82, 2.24) is 20.3 Å². The maximum Gasteiger partial charge on any atom is 0.159 e. The van der Waals surface area contributed by atoms with Gasteiger partial charge in [-0.1, -0.05) is 11.3 Å². The summed E-state index contributed by atoms with van der Waals surface area (Å²) in [5.41, 5.74) is 1.41. The van der Waals surface area contributed by atoms with E-state index in [1.807, 2.05) is 0 Å². The van der Waals surface area contributed by atoms with Crippen LogP contribution in [0.5, 0.6) is 0 Å². The van der Waals surface area contributed by atoms with Crippen LogP contribution in [0.3, 0.4) is 0 Å². The number of hydrogen-bond donors (Lipinski definition) is 1. The van der Waals surface area contributed by atoms with Crippen LogP contribution < -0.4 is 5.32 Å². The SMILES string of the molecule is COCCNCc1cn(Cc2ccc(F)c(F)c2)nn1. The summed E-state index contributed by atoms with van der Waals surface area (Å²) in [5.74, 6) is -1.71. The van der Waals surface area contributed by atoms with Gasteiger partial charge < -0.3 is 10.1 Å². The number of benzene rings is 1. The van der Waals surface area contributed by atoms with Crippen LogP contribution in [-0.2, 0) is 17.8 Å². The molecular formula is C13H16F2N4O. The standard InChI is InChI=1S/C13H16F2N4O/c1-20-5-4-16-7-11-9-19(18-17-11)8-10-2-3-12(14)13(15)6-10/h2-3,6,9,16H,4-5,7-8H2,1H3. The Hall–Kier alpha value is -1.86. The third-order valence-corrected chi connectivity index (χ3v) is 2.70. The minimum atomic E-state index is -0.857. The second-order valence-electron chi connectivity index (χ2n) is 4.33. The van der Waals surface area contributed by atoms with E-state index in [1.54, 1.807) is 18.0 Å². The second-order valence-corrected chi connectivity index (χ2v) is 4.33. The molecule has 2 aromatic rings. The summed E-state index contributed by atoms with van der Waals surface area (Å²) >= 11 is 0. The van der Waals surface area contributed by atoms with Crippen molar-refractivity contribution in [3.8, 4) is 0 Å². The molecule has 0 radical (unpaired) electrons. The fourth-order valence-electron chi connectivity index (χ4n) is 1.71. The summed E-state index contributed by atoms with van der Waals surface area (Å²) in [6.07, 6.45) is 1.76. The van der Waals surface area contributed by atoms with Gasteiger partial charge in [-0.3, -0.25) is 0 Å². The predicted molar refractivity (Wildman–Crippen MR) is 69.1 cm³/mol. The normalized spacial score (nSPS) is 10.9. The Bertz CT molecular complexity index is 559. The van der Waals surface area contributed by atoms with Gasteiger partial charge in [-0.05, 0) is 17.7 Å². The van der Waals surface area contributed by atoms with Gasteiger partial charge in [0.05, 0.1) is 25.0 Å². The summed E-state index contributed by atoms with van der Waals surface area (Å²) in [7, 11) is 1.64. The number of rotatable bonds is 7. The zero-order valence-corrected chi connectivity index (χ0v) is 11.1. The van der Waals surface area contributed by atoms with Gasteiger partial charge in [-0.25, -0.2) is 13.5 Å². The second kappa shape index (κ2) is 7.06. The Balaban J connectivity index is 1.90. The molecule has 2 rings (SSSR count). The molecule has 0 unspecified atom stereocenters. The monoisotopic (exact) mass is 282 g/mol. The Morgan fingerprint density at radius 2 is 2.15 bits per heavy atom. The van der Waals surface area contributed by atoms with Gasteiger partial charge in [-0.15, -0.1) is 5.10 Å². The fourth-order valence-corrected chi connectivity index (χ4v) is 1.71. The first kappa shape index (κ1) is 14.5. The Labute approximate surface area is 115 Å². The van der Waals surface area contributed by atoms with E-state index in [9.17, 15) is 8.78 Å². The molecule has 108 valence electrons. The third-order valence-electron chi connectivity index (χ3n) is 2.70. The molecule has 20 heavy (non-hydrogen) atoms. The van der Waals surface area contributed by atoms with Crippen molar-refractivity contribution in [3.05, 3.63) is 47.3 Å². The summed E-state index contributed by atoms with van der Waals surface area (Å²) in [6, 6.07) is 3.79. The van der Waals surface area contributed by atoms with E-state index in [2.05, 4.69) is 15.6 Å².